The molecule has 0 spiro atoms. The van der Waals surface area contributed by atoms with Crippen molar-refractivity contribution in [3.63, 3.8) is 0 Å². The van der Waals surface area contributed by atoms with Gasteiger partial charge in [-0.15, -0.1) is 0 Å². The summed E-state index contributed by atoms with van der Waals surface area (Å²) >= 11 is 0. The zero-order chi connectivity index (χ0) is 8.85. The second kappa shape index (κ2) is 5.09. The molecule has 0 aliphatic rings. The Morgan fingerprint density at radius 3 is 2.45 bits per heavy atom. The smallest absolute Gasteiger partial charge is 0.234 e. The third-order valence-corrected chi connectivity index (χ3v) is 1.67. The standard InChI is InChI=1S/C7H16N2O2/c1-3-5(11-2)4-6(8)7(9)10/h5-6H,3-4,8H2,1-2H3,(H2,9,10). The predicted molar refractivity (Wildman–Crippen MR) is 42.9 cm³/mol. The van der Waals surface area contributed by atoms with Gasteiger partial charge in [-0.05, 0) is 12.8 Å². The van der Waals surface area contributed by atoms with Crippen LogP contribution in [0.15, 0.2) is 0 Å². The first-order valence-corrected chi connectivity index (χ1v) is 3.69. The van der Waals surface area contributed by atoms with E-state index in [2.05, 4.69) is 0 Å². The van der Waals surface area contributed by atoms with E-state index in [0.717, 1.165) is 6.42 Å². The lowest BCUT2D eigenvalue weighted by Crippen LogP contribution is -2.39. The number of carbonyl (C=O) groups is 1. The fourth-order valence-electron chi connectivity index (χ4n) is 0.829. The van der Waals surface area contributed by atoms with E-state index < -0.39 is 11.9 Å². The highest BCUT2D eigenvalue weighted by molar-refractivity contribution is 5.79. The van der Waals surface area contributed by atoms with Crippen LogP contribution in [0, 0.1) is 0 Å². The van der Waals surface area contributed by atoms with E-state index in [1.165, 1.54) is 0 Å². The van der Waals surface area contributed by atoms with Gasteiger partial charge in [0.25, 0.3) is 0 Å². The molecule has 2 atom stereocenters. The highest BCUT2D eigenvalue weighted by atomic mass is 16.5. The van der Waals surface area contributed by atoms with E-state index in [1.54, 1.807) is 7.11 Å². The van der Waals surface area contributed by atoms with Gasteiger partial charge in [0.05, 0.1) is 12.1 Å². The van der Waals surface area contributed by atoms with Gasteiger partial charge in [-0.2, -0.15) is 0 Å². The minimum absolute atomic E-state index is 0.0394. The number of nitrogens with two attached hydrogens (primary N) is 2. The molecule has 0 aromatic carbocycles. The van der Waals surface area contributed by atoms with Gasteiger partial charge in [-0.25, -0.2) is 0 Å². The summed E-state index contributed by atoms with van der Waals surface area (Å²) in [4.78, 5) is 10.5. The summed E-state index contributed by atoms with van der Waals surface area (Å²) in [7, 11) is 1.60. The average Bonchev–Trinajstić information content (AvgIpc) is 1.99. The van der Waals surface area contributed by atoms with E-state index in [9.17, 15) is 4.79 Å². The predicted octanol–water partition coefficient (Wildman–Crippen LogP) is -0.386. The maximum Gasteiger partial charge on any atom is 0.234 e. The van der Waals surface area contributed by atoms with Crippen molar-refractivity contribution < 1.29 is 9.53 Å². The molecule has 0 heterocycles. The van der Waals surface area contributed by atoms with E-state index in [0.29, 0.717) is 6.42 Å². The van der Waals surface area contributed by atoms with E-state index in [1.807, 2.05) is 6.92 Å². The van der Waals surface area contributed by atoms with Crippen molar-refractivity contribution in [3.05, 3.63) is 0 Å². The van der Waals surface area contributed by atoms with Crippen LogP contribution in [0.3, 0.4) is 0 Å². The lowest BCUT2D eigenvalue weighted by molar-refractivity contribution is -0.120. The average molecular weight is 160 g/mol. The normalized spacial score (nSPS) is 15.9. The maximum absolute atomic E-state index is 10.5. The molecule has 4 nitrogen and oxygen atoms in total. The summed E-state index contributed by atoms with van der Waals surface area (Å²) in [6, 6.07) is -0.583. The van der Waals surface area contributed by atoms with Gasteiger partial charge in [-0.1, -0.05) is 6.92 Å². The summed E-state index contributed by atoms with van der Waals surface area (Å²) < 4.78 is 5.03. The Labute approximate surface area is 66.9 Å². The van der Waals surface area contributed by atoms with Gasteiger partial charge in [-0.3, -0.25) is 4.79 Å². The first-order chi connectivity index (χ1) is 5.11. The van der Waals surface area contributed by atoms with Crippen LogP contribution in [0.4, 0.5) is 0 Å². The molecule has 0 aliphatic carbocycles. The van der Waals surface area contributed by atoms with Crippen molar-refractivity contribution >= 4 is 5.91 Å². The molecule has 66 valence electrons. The van der Waals surface area contributed by atoms with E-state index >= 15 is 0 Å². The second-order valence-corrected chi connectivity index (χ2v) is 2.51. The van der Waals surface area contributed by atoms with E-state index in [-0.39, 0.29) is 6.10 Å². The van der Waals surface area contributed by atoms with Gasteiger partial charge in [0, 0.05) is 7.11 Å². The Kier molecular flexibility index (Phi) is 4.81. The van der Waals surface area contributed by atoms with Crippen LogP contribution in [0.25, 0.3) is 0 Å². The summed E-state index contributed by atoms with van der Waals surface area (Å²) in [5.74, 6) is -0.472. The Balaban J connectivity index is 3.71. The third-order valence-electron chi connectivity index (χ3n) is 1.67. The largest absolute Gasteiger partial charge is 0.381 e. The topological polar surface area (TPSA) is 78.3 Å². The molecule has 0 saturated heterocycles. The minimum atomic E-state index is -0.583. The summed E-state index contributed by atoms with van der Waals surface area (Å²) in [5, 5.41) is 0. The van der Waals surface area contributed by atoms with Gasteiger partial charge in [0.15, 0.2) is 0 Å². The van der Waals surface area contributed by atoms with Crippen molar-refractivity contribution in [1.29, 1.82) is 0 Å². The lowest BCUT2D eigenvalue weighted by atomic mass is 10.1. The van der Waals surface area contributed by atoms with Crippen LogP contribution in [0.5, 0.6) is 0 Å². The number of carbonyl (C=O) groups excluding carboxylic acids is 1. The van der Waals surface area contributed by atoms with Crippen molar-refractivity contribution in [3.8, 4) is 0 Å². The van der Waals surface area contributed by atoms with Gasteiger partial charge in [0.1, 0.15) is 0 Å². The number of hydrogen-bond acceptors (Lipinski definition) is 3. The molecule has 1 amide bonds. The molecule has 4 heteroatoms. The maximum atomic E-state index is 10.5. The van der Waals surface area contributed by atoms with E-state index in [4.69, 9.17) is 16.2 Å². The monoisotopic (exact) mass is 160 g/mol. The molecule has 4 N–H and O–H groups in total. The molecule has 0 saturated carbocycles. The zero-order valence-corrected chi connectivity index (χ0v) is 7.04. The summed E-state index contributed by atoms with van der Waals surface area (Å²) in [6.45, 7) is 1.97. The SMILES string of the molecule is CCC(CC(N)C(N)=O)OC. The van der Waals surface area contributed by atoms with Crippen molar-refractivity contribution in [2.45, 2.75) is 31.9 Å². The summed E-state index contributed by atoms with van der Waals surface area (Å²) in [6.07, 6.45) is 1.39. The lowest BCUT2D eigenvalue weighted by Gasteiger charge is -2.15. The highest BCUT2D eigenvalue weighted by Gasteiger charge is 2.14. The zero-order valence-electron chi connectivity index (χ0n) is 7.04. The Bertz CT molecular complexity index is 124. The molecule has 0 bridgehead atoms. The molecule has 2 unspecified atom stereocenters. The Morgan fingerprint density at radius 2 is 2.18 bits per heavy atom. The first-order valence-electron chi connectivity index (χ1n) is 3.69. The van der Waals surface area contributed by atoms with Crippen LogP contribution >= 0.6 is 0 Å². The fourth-order valence-corrected chi connectivity index (χ4v) is 0.829. The molecule has 0 aromatic rings. The summed E-state index contributed by atoms with van der Waals surface area (Å²) in [5.41, 5.74) is 10.4. The van der Waals surface area contributed by atoms with Gasteiger partial charge >= 0.3 is 0 Å². The van der Waals surface area contributed by atoms with Gasteiger partial charge < -0.3 is 16.2 Å². The Morgan fingerprint density at radius 1 is 1.64 bits per heavy atom. The molecule has 0 rings (SSSR count). The van der Waals surface area contributed by atoms with Gasteiger partial charge in [0.2, 0.25) is 5.91 Å². The number of primary amides is 1. The van der Waals surface area contributed by atoms with Crippen molar-refractivity contribution in [1.82, 2.24) is 0 Å². The third kappa shape index (κ3) is 3.95. The van der Waals surface area contributed by atoms with Crippen LogP contribution in [0.2, 0.25) is 0 Å². The number of rotatable bonds is 5. The van der Waals surface area contributed by atoms with Crippen molar-refractivity contribution in [2.24, 2.45) is 11.5 Å². The molecule has 0 fully saturated rings. The molecule has 11 heavy (non-hydrogen) atoms. The van der Waals surface area contributed by atoms with Crippen LogP contribution in [0.1, 0.15) is 19.8 Å². The van der Waals surface area contributed by atoms with Crippen LogP contribution < -0.4 is 11.5 Å². The number of hydrogen-bond donors (Lipinski definition) is 2. The number of ether oxygens (including phenoxy) is 1. The fraction of sp³-hybridized carbons (Fsp3) is 0.857. The molecule has 0 aromatic heterocycles. The van der Waals surface area contributed by atoms with Crippen LogP contribution in [-0.4, -0.2) is 25.2 Å². The molecule has 0 radical (unpaired) electrons. The van der Waals surface area contributed by atoms with Crippen molar-refractivity contribution in [2.75, 3.05) is 7.11 Å². The Hall–Kier alpha value is -0.610. The minimum Gasteiger partial charge on any atom is -0.381 e. The quantitative estimate of drug-likeness (QED) is 0.575. The number of methoxy groups -OCH3 is 1. The molecule has 0 aliphatic heterocycles. The number of amides is 1. The molecular weight excluding hydrogens is 144 g/mol. The molecular formula is C7H16N2O2. The first kappa shape index (κ1) is 10.4. The highest BCUT2D eigenvalue weighted by Crippen LogP contribution is 2.03. The second-order valence-electron chi connectivity index (χ2n) is 2.51. The van der Waals surface area contributed by atoms with Crippen LogP contribution in [-0.2, 0) is 9.53 Å².